The van der Waals surface area contributed by atoms with Gasteiger partial charge in [0.1, 0.15) is 6.61 Å². The number of hydrogen-bond acceptors (Lipinski definition) is 4. The quantitative estimate of drug-likeness (QED) is 0.852. The lowest BCUT2D eigenvalue weighted by atomic mass is 10.2. The topological polar surface area (TPSA) is 70.1 Å². The van der Waals surface area contributed by atoms with Crippen molar-refractivity contribution in [3.63, 3.8) is 0 Å². The molecule has 0 fully saturated rings. The Kier molecular flexibility index (Phi) is 3.85. The number of hydrogen-bond donors (Lipinski definition) is 1. The molecule has 100 valence electrons. The summed E-state index contributed by atoms with van der Waals surface area (Å²) in [5.41, 5.74) is 7.03. The molecule has 0 amide bonds. The Morgan fingerprint density at radius 2 is 2.00 bits per heavy atom. The van der Waals surface area contributed by atoms with Gasteiger partial charge in [0.15, 0.2) is 0 Å². The van der Waals surface area contributed by atoms with Crippen molar-refractivity contribution < 1.29 is 4.74 Å². The molecule has 0 atom stereocenters. The summed E-state index contributed by atoms with van der Waals surface area (Å²) in [6, 6.07) is 7.39. The summed E-state index contributed by atoms with van der Waals surface area (Å²) < 4.78 is 7.06. The van der Waals surface area contributed by atoms with Crippen LogP contribution in [-0.4, -0.2) is 9.55 Å². The van der Waals surface area contributed by atoms with Crippen molar-refractivity contribution in [1.29, 1.82) is 0 Å². The minimum atomic E-state index is -0.215. The fraction of sp³-hybridized carbons (Fsp3) is 0.286. The first-order valence-corrected chi connectivity index (χ1v) is 6.12. The summed E-state index contributed by atoms with van der Waals surface area (Å²) in [4.78, 5) is 16.0. The maximum absolute atomic E-state index is 12.0. The van der Waals surface area contributed by atoms with E-state index in [1.54, 1.807) is 29.1 Å². The van der Waals surface area contributed by atoms with Gasteiger partial charge in [-0.05, 0) is 31.5 Å². The molecule has 0 radical (unpaired) electrons. The van der Waals surface area contributed by atoms with Crippen molar-refractivity contribution in [3.05, 3.63) is 52.6 Å². The van der Waals surface area contributed by atoms with Crippen molar-refractivity contribution in [2.75, 3.05) is 5.73 Å². The van der Waals surface area contributed by atoms with Crippen LogP contribution in [0, 0.1) is 0 Å². The van der Waals surface area contributed by atoms with Gasteiger partial charge in [0, 0.05) is 24.1 Å². The van der Waals surface area contributed by atoms with Crippen LogP contribution in [-0.2, 0) is 6.61 Å². The molecule has 0 aliphatic heterocycles. The molecule has 0 aliphatic rings. The highest BCUT2D eigenvalue weighted by Crippen LogP contribution is 2.09. The molecule has 0 saturated carbocycles. The first kappa shape index (κ1) is 13.1. The second kappa shape index (κ2) is 5.56. The molecular formula is C14H17N3O2. The molecule has 0 saturated heterocycles. The average molecular weight is 259 g/mol. The van der Waals surface area contributed by atoms with Crippen LogP contribution in [0.5, 0.6) is 5.88 Å². The fourth-order valence-electron chi connectivity index (χ4n) is 1.68. The third-order valence-corrected chi connectivity index (χ3v) is 2.75. The van der Waals surface area contributed by atoms with Gasteiger partial charge in [-0.1, -0.05) is 12.1 Å². The van der Waals surface area contributed by atoms with Crippen molar-refractivity contribution in [2.24, 2.45) is 0 Å². The van der Waals surface area contributed by atoms with Crippen LogP contribution in [0.15, 0.2) is 41.5 Å². The highest BCUT2D eigenvalue weighted by molar-refractivity contribution is 5.39. The number of nitrogens with zero attached hydrogens (tertiary/aromatic N) is 2. The van der Waals surface area contributed by atoms with Crippen LogP contribution in [0.3, 0.4) is 0 Å². The third-order valence-electron chi connectivity index (χ3n) is 2.75. The van der Waals surface area contributed by atoms with Crippen LogP contribution in [0.2, 0.25) is 0 Å². The number of nitrogens with two attached hydrogens (primary N) is 1. The van der Waals surface area contributed by atoms with Gasteiger partial charge in [0.2, 0.25) is 0 Å². The smallest absolute Gasteiger partial charge is 0.313 e. The molecule has 0 spiro atoms. The molecule has 0 bridgehead atoms. The molecule has 5 nitrogen and oxygen atoms in total. The lowest BCUT2D eigenvalue weighted by Crippen LogP contribution is -2.23. The van der Waals surface area contributed by atoms with E-state index in [9.17, 15) is 4.79 Å². The third kappa shape index (κ3) is 3.13. The Balaban J connectivity index is 2.14. The second-order valence-electron chi connectivity index (χ2n) is 4.57. The van der Waals surface area contributed by atoms with Crippen LogP contribution >= 0.6 is 0 Å². The summed E-state index contributed by atoms with van der Waals surface area (Å²) in [5, 5.41) is 0. The summed E-state index contributed by atoms with van der Waals surface area (Å²) in [6.45, 7) is 4.17. The first-order valence-electron chi connectivity index (χ1n) is 6.12. The largest absolute Gasteiger partial charge is 0.469 e. The van der Waals surface area contributed by atoms with E-state index < -0.39 is 0 Å². The monoisotopic (exact) mass is 259 g/mol. The number of anilines is 1. The average Bonchev–Trinajstić information content (AvgIpc) is 2.39. The Morgan fingerprint density at radius 1 is 1.32 bits per heavy atom. The van der Waals surface area contributed by atoms with Crippen LogP contribution in [0.25, 0.3) is 0 Å². The molecule has 0 aliphatic carbocycles. The van der Waals surface area contributed by atoms with E-state index in [1.807, 2.05) is 26.0 Å². The number of ether oxygens (including phenoxy) is 1. The predicted octanol–water partition coefficient (Wildman–Crippen LogP) is 1.99. The SMILES string of the molecule is CC(C)n1ccnc(OCc2ccc(N)cc2)c1=O. The zero-order valence-corrected chi connectivity index (χ0v) is 11.0. The second-order valence-corrected chi connectivity index (χ2v) is 4.57. The normalized spacial score (nSPS) is 10.7. The van der Waals surface area contributed by atoms with Crippen LogP contribution in [0.1, 0.15) is 25.5 Å². The molecule has 2 aromatic rings. The molecule has 1 aromatic carbocycles. The predicted molar refractivity (Wildman–Crippen MR) is 74.1 cm³/mol. The Hall–Kier alpha value is -2.30. The van der Waals surface area contributed by atoms with E-state index in [-0.39, 0.29) is 17.5 Å². The maximum Gasteiger partial charge on any atom is 0.313 e. The van der Waals surface area contributed by atoms with Gasteiger partial charge in [0.25, 0.3) is 5.88 Å². The number of nitrogen functional groups attached to an aromatic ring is 1. The molecule has 2 rings (SSSR count). The van der Waals surface area contributed by atoms with E-state index in [2.05, 4.69) is 4.98 Å². The molecule has 2 N–H and O–H groups in total. The Bertz CT molecular complexity index is 603. The molecular weight excluding hydrogens is 242 g/mol. The van der Waals surface area contributed by atoms with Crippen LogP contribution < -0.4 is 16.0 Å². The maximum atomic E-state index is 12.0. The summed E-state index contributed by atoms with van der Waals surface area (Å²) in [6.07, 6.45) is 3.22. The van der Waals surface area contributed by atoms with Gasteiger partial charge >= 0.3 is 5.56 Å². The van der Waals surface area contributed by atoms with Gasteiger partial charge in [-0.15, -0.1) is 0 Å². The zero-order chi connectivity index (χ0) is 13.8. The summed E-state index contributed by atoms with van der Waals surface area (Å²) >= 11 is 0. The molecule has 1 heterocycles. The van der Waals surface area contributed by atoms with Gasteiger partial charge < -0.3 is 15.0 Å². The molecule has 1 aromatic heterocycles. The number of benzene rings is 1. The van der Waals surface area contributed by atoms with Gasteiger partial charge in [-0.3, -0.25) is 4.79 Å². The van der Waals surface area contributed by atoms with Gasteiger partial charge in [0.05, 0.1) is 0 Å². The van der Waals surface area contributed by atoms with E-state index >= 15 is 0 Å². The highest BCUT2D eigenvalue weighted by atomic mass is 16.5. The summed E-state index contributed by atoms with van der Waals surface area (Å²) in [5.74, 6) is 0.119. The number of aromatic nitrogens is 2. The molecule has 5 heteroatoms. The van der Waals surface area contributed by atoms with E-state index in [4.69, 9.17) is 10.5 Å². The van der Waals surface area contributed by atoms with Gasteiger partial charge in [-0.25, -0.2) is 4.98 Å². The van der Waals surface area contributed by atoms with Crippen molar-refractivity contribution in [2.45, 2.75) is 26.5 Å². The molecule has 19 heavy (non-hydrogen) atoms. The Labute approximate surface area is 111 Å². The summed E-state index contributed by atoms with van der Waals surface area (Å²) in [7, 11) is 0. The first-order chi connectivity index (χ1) is 9.08. The zero-order valence-electron chi connectivity index (χ0n) is 11.0. The van der Waals surface area contributed by atoms with E-state index in [0.29, 0.717) is 12.3 Å². The minimum absolute atomic E-state index is 0.0781. The lowest BCUT2D eigenvalue weighted by Gasteiger charge is -2.11. The lowest BCUT2D eigenvalue weighted by molar-refractivity contribution is 0.284. The van der Waals surface area contributed by atoms with Gasteiger partial charge in [-0.2, -0.15) is 0 Å². The minimum Gasteiger partial charge on any atom is -0.469 e. The van der Waals surface area contributed by atoms with Crippen molar-refractivity contribution in [1.82, 2.24) is 9.55 Å². The van der Waals surface area contributed by atoms with Crippen LogP contribution in [0.4, 0.5) is 5.69 Å². The van der Waals surface area contributed by atoms with E-state index in [0.717, 1.165) is 5.56 Å². The fourth-order valence-corrected chi connectivity index (χ4v) is 1.68. The number of rotatable bonds is 4. The Morgan fingerprint density at radius 3 is 2.63 bits per heavy atom. The van der Waals surface area contributed by atoms with E-state index in [1.165, 1.54) is 0 Å². The van der Waals surface area contributed by atoms with Crippen molar-refractivity contribution >= 4 is 5.69 Å². The molecule has 0 unspecified atom stereocenters. The van der Waals surface area contributed by atoms with Crippen molar-refractivity contribution in [3.8, 4) is 5.88 Å². The standard InChI is InChI=1S/C14H17N3O2/c1-10(2)17-8-7-16-13(14(17)18)19-9-11-3-5-12(15)6-4-11/h3-8,10H,9,15H2,1-2H3. The highest BCUT2D eigenvalue weighted by Gasteiger charge is 2.08.